The van der Waals surface area contributed by atoms with E-state index in [9.17, 15) is 4.79 Å². The Labute approximate surface area is 112 Å². The molecular formula is C15H17N3O. The molecule has 4 heteroatoms. The highest BCUT2D eigenvalue weighted by Gasteiger charge is 2.13. The molecule has 1 heterocycles. The van der Waals surface area contributed by atoms with Crippen LogP contribution in [-0.2, 0) is 0 Å². The Morgan fingerprint density at radius 1 is 1.16 bits per heavy atom. The average Bonchev–Trinajstić information content (AvgIpc) is 2.38. The van der Waals surface area contributed by atoms with Crippen molar-refractivity contribution in [1.82, 2.24) is 15.3 Å². The standard InChI is InChI=1S/C15H17N3O/c1-10-9-14(18-12(3)16-10)15(19)17-11(2)13-7-5-4-6-8-13/h4-9,11H,1-3H3,(H,17,19). The van der Waals surface area contributed by atoms with Gasteiger partial charge in [-0.2, -0.15) is 0 Å². The Kier molecular flexibility index (Phi) is 3.90. The Morgan fingerprint density at radius 3 is 2.47 bits per heavy atom. The molecule has 19 heavy (non-hydrogen) atoms. The smallest absolute Gasteiger partial charge is 0.270 e. The van der Waals surface area contributed by atoms with Gasteiger partial charge in [0.1, 0.15) is 11.5 Å². The summed E-state index contributed by atoms with van der Waals surface area (Å²) in [6.45, 7) is 5.59. The van der Waals surface area contributed by atoms with Gasteiger partial charge in [-0.3, -0.25) is 4.79 Å². The maximum Gasteiger partial charge on any atom is 0.270 e. The van der Waals surface area contributed by atoms with Crippen LogP contribution in [0.5, 0.6) is 0 Å². The fourth-order valence-corrected chi connectivity index (χ4v) is 1.93. The molecule has 1 amide bonds. The summed E-state index contributed by atoms with van der Waals surface area (Å²) < 4.78 is 0. The van der Waals surface area contributed by atoms with Crippen molar-refractivity contribution >= 4 is 5.91 Å². The first-order chi connectivity index (χ1) is 9.06. The molecule has 1 aromatic heterocycles. The number of carbonyl (C=O) groups excluding carboxylic acids is 1. The minimum atomic E-state index is -0.176. The maximum atomic E-state index is 12.1. The van der Waals surface area contributed by atoms with Crippen LogP contribution in [0.3, 0.4) is 0 Å². The summed E-state index contributed by atoms with van der Waals surface area (Å²) in [4.78, 5) is 20.5. The summed E-state index contributed by atoms with van der Waals surface area (Å²) in [5, 5.41) is 2.94. The van der Waals surface area contributed by atoms with Crippen LogP contribution < -0.4 is 5.32 Å². The maximum absolute atomic E-state index is 12.1. The second kappa shape index (κ2) is 5.61. The van der Waals surface area contributed by atoms with Crippen LogP contribution in [0.4, 0.5) is 0 Å². The highest BCUT2D eigenvalue weighted by molar-refractivity contribution is 5.92. The lowest BCUT2D eigenvalue weighted by Gasteiger charge is -2.14. The Bertz CT molecular complexity index is 561. The summed E-state index contributed by atoms with van der Waals surface area (Å²) in [6, 6.07) is 11.5. The van der Waals surface area contributed by atoms with Crippen LogP contribution in [-0.4, -0.2) is 15.9 Å². The first-order valence-corrected chi connectivity index (χ1v) is 6.24. The minimum absolute atomic E-state index is 0.0516. The van der Waals surface area contributed by atoms with E-state index < -0.39 is 0 Å². The van der Waals surface area contributed by atoms with Crippen molar-refractivity contribution in [1.29, 1.82) is 0 Å². The quantitative estimate of drug-likeness (QED) is 0.917. The lowest BCUT2D eigenvalue weighted by molar-refractivity contribution is 0.0934. The van der Waals surface area contributed by atoms with Gasteiger partial charge < -0.3 is 5.32 Å². The number of nitrogens with one attached hydrogen (secondary N) is 1. The number of hydrogen-bond acceptors (Lipinski definition) is 3. The molecule has 1 aromatic carbocycles. The number of benzene rings is 1. The molecule has 0 bridgehead atoms. The molecule has 0 aliphatic rings. The lowest BCUT2D eigenvalue weighted by atomic mass is 10.1. The van der Waals surface area contributed by atoms with Gasteiger partial charge in [-0.05, 0) is 32.4 Å². The molecule has 4 nitrogen and oxygen atoms in total. The van der Waals surface area contributed by atoms with Crippen molar-refractivity contribution in [2.24, 2.45) is 0 Å². The van der Waals surface area contributed by atoms with Crippen molar-refractivity contribution < 1.29 is 4.79 Å². The fourth-order valence-electron chi connectivity index (χ4n) is 1.93. The van der Waals surface area contributed by atoms with Gasteiger partial charge in [-0.1, -0.05) is 30.3 Å². The van der Waals surface area contributed by atoms with E-state index in [1.54, 1.807) is 13.0 Å². The molecule has 1 unspecified atom stereocenters. The van der Waals surface area contributed by atoms with Crippen molar-refractivity contribution in [3.05, 3.63) is 59.2 Å². The van der Waals surface area contributed by atoms with Crippen molar-refractivity contribution in [2.75, 3.05) is 0 Å². The monoisotopic (exact) mass is 255 g/mol. The SMILES string of the molecule is Cc1cc(C(=O)NC(C)c2ccccc2)nc(C)n1. The van der Waals surface area contributed by atoms with Gasteiger partial charge >= 0.3 is 0 Å². The predicted molar refractivity (Wildman–Crippen MR) is 73.8 cm³/mol. The molecule has 0 aliphatic heterocycles. The largest absolute Gasteiger partial charge is 0.344 e. The molecule has 0 spiro atoms. The molecule has 0 radical (unpaired) electrons. The van der Waals surface area contributed by atoms with Gasteiger partial charge in [0.15, 0.2) is 0 Å². The molecule has 2 aromatic rings. The van der Waals surface area contributed by atoms with Gasteiger partial charge in [0, 0.05) is 5.69 Å². The highest BCUT2D eigenvalue weighted by atomic mass is 16.1. The van der Waals surface area contributed by atoms with E-state index in [1.165, 1.54) is 0 Å². The van der Waals surface area contributed by atoms with Crippen LogP contribution in [0.15, 0.2) is 36.4 Å². The van der Waals surface area contributed by atoms with Gasteiger partial charge in [-0.25, -0.2) is 9.97 Å². The van der Waals surface area contributed by atoms with Crippen molar-refractivity contribution in [3.63, 3.8) is 0 Å². The first-order valence-electron chi connectivity index (χ1n) is 6.24. The summed E-state index contributed by atoms with van der Waals surface area (Å²) in [5.41, 5.74) is 2.27. The molecule has 0 saturated carbocycles. The number of nitrogens with zero attached hydrogens (tertiary/aromatic N) is 2. The molecule has 2 rings (SSSR count). The second-order valence-corrected chi connectivity index (χ2v) is 4.55. The van der Waals surface area contributed by atoms with Crippen LogP contribution in [0.1, 0.15) is 40.5 Å². The third-order valence-corrected chi connectivity index (χ3v) is 2.85. The molecule has 1 atom stereocenters. The van der Waals surface area contributed by atoms with E-state index in [4.69, 9.17) is 0 Å². The van der Waals surface area contributed by atoms with Gasteiger partial charge in [0.25, 0.3) is 5.91 Å². The van der Waals surface area contributed by atoms with Crippen LogP contribution in [0, 0.1) is 13.8 Å². The third kappa shape index (κ3) is 3.37. The first kappa shape index (κ1) is 13.2. The lowest BCUT2D eigenvalue weighted by Crippen LogP contribution is -2.27. The molecule has 98 valence electrons. The third-order valence-electron chi connectivity index (χ3n) is 2.85. The van der Waals surface area contributed by atoms with Crippen molar-refractivity contribution in [3.8, 4) is 0 Å². The van der Waals surface area contributed by atoms with E-state index in [1.807, 2.05) is 44.2 Å². The average molecular weight is 255 g/mol. The highest BCUT2D eigenvalue weighted by Crippen LogP contribution is 2.12. The van der Waals surface area contributed by atoms with Gasteiger partial charge in [0.05, 0.1) is 6.04 Å². The number of hydrogen-bond donors (Lipinski definition) is 1. The molecular weight excluding hydrogens is 238 g/mol. The number of aryl methyl sites for hydroxylation is 2. The Morgan fingerprint density at radius 2 is 1.84 bits per heavy atom. The number of carbonyl (C=O) groups is 1. The van der Waals surface area contributed by atoms with Gasteiger partial charge in [0.2, 0.25) is 0 Å². The fraction of sp³-hybridized carbons (Fsp3) is 0.267. The molecule has 0 saturated heterocycles. The Balaban J connectivity index is 2.13. The number of rotatable bonds is 3. The summed E-state index contributed by atoms with van der Waals surface area (Å²) in [5.74, 6) is 0.433. The zero-order valence-electron chi connectivity index (χ0n) is 11.3. The Hall–Kier alpha value is -2.23. The van der Waals surface area contributed by atoms with Crippen LogP contribution in [0.2, 0.25) is 0 Å². The van der Waals surface area contributed by atoms with Gasteiger partial charge in [-0.15, -0.1) is 0 Å². The van der Waals surface area contributed by atoms with E-state index in [0.717, 1.165) is 11.3 Å². The van der Waals surface area contributed by atoms with Crippen molar-refractivity contribution in [2.45, 2.75) is 26.8 Å². The zero-order valence-corrected chi connectivity index (χ0v) is 11.3. The summed E-state index contributed by atoms with van der Waals surface area (Å²) >= 11 is 0. The topological polar surface area (TPSA) is 54.9 Å². The minimum Gasteiger partial charge on any atom is -0.344 e. The number of amides is 1. The molecule has 0 fully saturated rings. The van der Waals surface area contributed by atoms with Crippen LogP contribution in [0.25, 0.3) is 0 Å². The van der Waals surface area contributed by atoms with Crippen LogP contribution >= 0.6 is 0 Å². The van der Waals surface area contributed by atoms with E-state index in [-0.39, 0.29) is 11.9 Å². The normalized spacial score (nSPS) is 11.9. The molecule has 0 aliphatic carbocycles. The zero-order chi connectivity index (χ0) is 13.8. The van der Waals surface area contributed by atoms with E-state index in [0.29, 0.717) is 11.5 Å². The van der Waals surface area contributed by atoms with E-state index in [2.05, 4.69) is 15.3 Å². The summed E-state index contributed by atoms with van der Waals surface area (Å²) in [7, 11) is 0. The summed E-state index contributed by atoms with van der Waals surface area (Å²) in [6.07, 6.45) is 0. The second-order valence-electron chi connectivity index (χ2n) is 4.55. The predicted octanol–water partition coefficient (Wildman–Crippen LogP) is 2.58. The number of aromatic nitrogens is 2. The van der Waals surface area contributed by atoms with E-state index >= 15 is 0 Å². The molecule has 1 N–H and O–H groups in total.